The molecule has 1 unspecified atom stereocenters. The number of amides is 2. The Morgan fingerprint density at radius 3 is 2.50 bits per heavy atom. The van der Waals surface area contributed by atoms with Gasteiger partial charge in [0.25, 0.3) is 11.5 Å². The first-order valence-electron chi connectivity index (χ1n) is 11.1. The highest BCUT2D eigenvalue weighted by molar-refractivity contribution is 6.31. The van der Waals surface area contributed by atoms with Crippen molar-refractivity contribution in [3.8, 4) is 0 Å². The molecule has 0 saturated carbocycles. The molecule has 0 aliphatic heterocycles. The molecule has 192 valence electrons. The summed E-state index contributed by atoms with van der Waals surface area (Å²) in [6.07, 6.45) is 3.11. The second-order valence-electron chi connectivity index (χ2n) is 8.36. The van der Waals surface area contributed by atoms with Gasteiger partial charge in [0.1, 0.15) is 24.0 Å². The average molecular weight is 539 g/mol. The van der Waals surface area contributed by atoms with E-state index in [1.54, 1.807) is 18.2 Å². The highest BCUT2D eigenvalue weighted by Gasteiger charge is 2.24. The normalized spacial score (nSPS) is 12.9. The minimum atomic E-state index is -2.26. The number of unbranched alkanes of at least 4 members (excludes halogenated alkanes) is 1. The van der Waals surface area contributed by atoms with Crippen molar-refractivity contribution >= 4 is 63.1 Å². The molecule has 0 spiro atoms. The zero-order valence-corrected chi connectivity index (χ0v) is 21.2. The lowest BCUT2D eigenvalue weighted by atomic mass is 10.1. The smallest absolute Gasteiger partial charge is 0.270 e. The van der Waals surface area contributed by atoms with Gasteiger partial charge >= 0.3 is 0 Å². The second kappa shape index (κ2) is 12.8. The molecule has 12 heteroatoms. The molecule has 0 aliphatic rings. The van der Waals surface area contributed by atoms with Crippen molar-refractivity contribution in [3.05, 3.63) is 53.6 Å². The van der Waals surface area contributed by atoms with Gasteiger partial charge in [-0.15, -0.1) is 0 Å². The maximum Gasteiger partial charge on any atom is 0.270 e. The van der Waals surface area contributed by atoms with E-state index in [2.05, 4.69) is 25.9 Å². The minimum absolute atomic E-state index is 0.0440. The molecule has 2 amide bonds. The number of fused-ring (bicyclic) bond motifs is 1. The maximum atomic E-state index is 13.5. The van der Waals surface area contributed by atoms with Crippen molar-refractivity contribution < 1.29 is 18.4 Å². The first-order valence-corrected chi connectivity index (χ1v) is 12.0. The Morgan fingerprint density at radius 1 is 1.06 bits per heavy atom. The van der Waals surface area contributed by atoms with Crippen LogP contribution < -0.4 is 16.0 Å². The number of hydrogen-bond acceptors (Lipinski definition) is 6. The van der Waals surface area contributed by atoms with E-state index in [9.17, 15) is 18.4 Å². The monoisotopic (exact) mass is 538 g/mol. The summed E-state index contributed by atoms with van der Waals surface area (Å²) in [5.74, 6) is -1.71. The van der Waals surface area contributed by atoms with Gasteiger partial charge in [-0.3, -0.25) is 9.59 Å². The van der Waals surface area contributed by atoms with Crippen LogP contribution in [0.15, 0.2) is 42.7 Å². The van der Waals surface area contributed by atoms with Crippen LogP contribution in [0, 0.1) is 5.82 Å². The van der Waals surface area contributed by atoms with Crippen LogP contribution in [0.5, 0.6) is 0 Å². The van der Waals surface area contributed by atoms with Crippen LogP contribution >= 0.6 is 23.2 Å². The molecule has 0 radical (unpaired) electrons. The van der Waals surface area contributed by atoms with Crippen LogP contribution in [0.4, 0.5) is 26.0 Å². The molecular weight excluding hydrogens is 513 g/mol. The number of rotatable bonds is 11. The Morgan fingerprint density at radius 2 is 1.81 bits per heavy atom. The highest BCUT2D eigenvalue weighted by atomic mass is 35.5. The fraction of sp³-hybridized carbons (Fsp3) is 0.333. The molecule has 2 atom stereocenters. The largest absolute Gasteiger partial charge is 0.341 e. The molecule has 3 N–H and O–H groups in total. The third-order valence-electron chi connectivity index (χ3n) is 5.26. The highest BCUT2D eigenvalue weighted by Crippen LogP contribution is 2.28. The SMILES string of the molecule is CN(C)CCCC[C@H](NC(=O)C(F)Cl)C(=O)Nc1ccc2ncnc(Nc3ccc(F)c(Cl)c3)c2c1. The van der Waals surface area contributed by atoms with E-state index in [0.29, 0.717) is 40.9 Å². The lowest BCUT2D eigenvalue weighted by Gasteiger charge is -2.19. The Balaban J connectivity index is 1.79. The third-order valence-corrected chi connectivity index (χ3v) is 5.75. The van der Waals surface area contributed by atoms with Gasteiger partial charge in [0.2, 0.25) is 5.91 Å². The summed E-state index contributed by atoms with van der Waals surface area (Å²) in [5, 5.41) is 8.72. The third kappa shape index (κ3) is 7.71. The first-order chi connectivity index (χ1) is 17.1. The molecule has 0 bridgehead atoms. The Hall–Kier alpha value is -3.08. The van der Waals surface area contributed by atoms with Gasteiger partial charge < -0.3 is 20.9 Å². The minimum Gasteiger partial charge on any atom is -0.341 e. The topological polar surface area (TPSA) is 99.3 Å². The summed E-state index contributed by atoms with van der Waals surface area (Å²) < 4.78 is 26.8. The predicted molar refractivity (Wildman–Crippen MR) is 138 cm³/mol. The van der Waals surface area contributed by atoms with Crippen molar-refractivity contribution in [1.82, 2.24) is 20.2 Å². The lowest BCUT2D eigenvalue weighted by Crippen LogP contribution is -2.45. The Labute approximate surface area is 217 Å². The molecule has 3 aromatic rings. The zero-order valence-electron chi connectivity index (χ0n) is 19.7. The number of nitrogens with zero attached hydrogens (tertiary/aromatic N) is 3. The first kappa shape index (κ1) is 27.5. The van der Waals surface area contributed by atoms with Gasteiger partial charge in [-0.05, 0) is 76.3 Å². The number of hydrogen-bond donors (Lipinski definition) is 3. The molecular formula is C24H26Cl2F2N6O2. The van der Waals surface area contributed by atoms with Gasteiger partial charge in [-0.2, -0.15) is 0 Å². The second-order valence-corrected chi connectivity index (χ2v) is 9.15. The standard InChI is InChI=1S/C24H26Cl2F2N6O2/c1-34(2)10-4-3-5-20(33-24(36)21(26)28)23(35)32-14-7-9-19-16(11-14)22(30-13-29-19)31-15-6-8-18(27)17(25)12-15/h6-9,11-13,20-21H,3-5,10H2,1-2H3,(H,32,35)(H,33,36)(H,29,30,31)/t20-,21?/m0/s1. The van der Waals surface area contributed by atoms with Crippen molar-refractivity contribution in [3.63, 3.8) is 0 Å². The summed E-state index contributed by atoms with van der Waals surface area (Å²) in [7, 11) is 3.87. The van der Waals surface area contributed by atoms with E-state index < -0.39 is 29.3 Å². The number of carbonyl (C=O) groups excluding carboxylic acids is 2. The van der Waals surface area contributed by atoms with Crippen LogP contribution in [-0.2, 0) is 9.59 Å². The molecule has 2 aromatic carbocycles. The number of carbonyl (C=O) groups is 2. The lowest BCUT2D eigenvalue weighted by molar-refractivity contribution is -0.128. The van der Waals surface area contributed by atoms with E-state index in [1.165, 1.54) is 24.5 Å². The van der Waals surface area contributed by atoms with Gasteiger partial charge in [0, 0.05) is 16.8 Å². The summed E-state index contributed by atoms with van der Waals surface area (Å²) in [6.45, 7) is 0.809. The van der Waals surface area contributed by atoms with E-state index in [4.69, 9.17) is 23.2 Å². The fourth-order valence-electron chi connectivity index (χ4n) is 3.45. The number of anilines is 3. The summed E-state index contributed by atoms with van der Waals surface area (Å²) in [4.78, 5) is 35.3. The van der Waals surface area contributed by atoms with Crippen molar-refractivity contribution in [2.24, 2.45) is 0 Å². The quantitative estimate of drug-likeness (QED) is 0.238. The average Bonchev–Trinajstić information content (AvgIpc) is 2.83. The van der Waals surface area contributed by atoms with Crippen molar-refractivity contribution in [2.45, 2.75) is 30.9 Å². The summed E-state index contributed by atoms with van der Waals surface area (Å²) in [6, 6.07) is 8.19. The van der Waals surface area contributed by atoms with E-state index in [-0.39, 0.29) is 5.02 Å². The number of benzene rings is 2. The number of alkyl halides is 2. The molecule has 3 rings (SSSR count). The maximum absolute atomic E-state index is 13.5. The van der Waals surface area contributed by atoms with Crippen LogP contribution in [-0.4, -0.2) is 59.0 Å². The summed E-state index contributed by atoms with van der Waals surface area (Å²) >= 11 is 11.1. The number of aromatic nitrogens is 2. The summed E-state index contributed by atoms with van der Waals surface area (Å²) in [5.41, 5.74) is -0.737. The number of nitrogens with one attached hydrogen (secondary N) is 3. The van der Waals surface area contributed by atoms with Gasteiger partial charge in [-0.25, -0.2) is 18.7 Å². The van der Waals surface area contributed by atoms with Gasteiger partial charge in [-0.1, -0.05) is 23.2 Å². The molecule has 1 heterocycles. The molecule has 36 heavy (non-hydrogen) atoms. The molecule has 0 fully saturated rings. The van der Waals surface area contributed by atoms with Crippen LogP contribution in [0.25, 0.3) is 10.9 Å². The molecule has 1 aromatic heterocycles. The van der Waals surface area contributed by atoms with Crippen LogP contribution in [0.1, 0.15) is 19.3 Å². The van der Waals surface area contributed by atoms with E-state index in [1.807, 2.05) is 19.0 Å². The Kier molecular flexibility index (Phi) is 9.74. The van der Waals surface area contributed by atoms with E-state index >= 15 is 0 Å². The van der Waals surface area contributed by atoms with Gasteiger partial charge in [0.05, 0.1) is 10.5 Å². The fourth-order valence-corrected chi connectivity index (χ4v) is 3.70. The van der Waals surface area contributed by atoms with Crippen molar-refractivity contribution in [2.75, 3.05) is 31.3 Å². The zero-order chi connectivity index (χ0) is 26.2. The van der Waals surface area contributed by atoms with Gasteiger partial charge in [0.15, 0.2) is 0 Å². The predicted octanol–water partition coefficient (Wildman–Crippen LogP) is 4.86. The molecule has 0 saturated heterocycles. The molecule has 8 nitrogen and oxygen atoms in total. The molecule has 0 aliphatic carbocycles. The van der Waals surface area contributed by atoms with Crippen LogP contribution in [0.3, 0.4) is 0 Å². The van der Waals surface area contributed by atoms with Crippen LogP contribution in [0.2, 0.25) is 5.02 Å². The number of halogens is 4. The van der Waals surface area contributed by atoms with E-state index in [0.717, 1.165) is 13.0 Å². The van der Waals surface area contributed by atoms with Crippen molar-refractivity contribution in [1.29, 1.82) is 0 Å². The Bertz CT molecular complexity index is 1230.